The quantitative estimate of drug-likeness (QED) is 0.406. The third kappa shape index (κ3) is 9.69. The van der Waals surface area contributed by atoms with E-state index in [1.165, 1.54) is 32.1 Å². The van der Waals surface area contributed by atoms with Crippen molar-refractivity contribution in [2.24, 2.45) is 4.99 Å². The lowest BCUT2D eigenvalue weighted by Gasteiger charge is -2.31. The fourth-order valence-electron chi connectivity index (χ4n) is 2.88. The zero-order valence-corrected chi connectivity index (χ0v) is 14.4. The number of nitrogens with one attached hydrogen (secondary N) is 2. The van der Waals surface area contributed by atoms with Gasteiger partial charge in [0.25, 0.3) is 0 Å². The van der Waals surface area contributed by atoms with Gasteiger partial charge in [0.1, 0.15) is 0 Å². The maximum atomic E-state index is 12.2. The molecular weight excluding hydrogens is 305 g/mol. The normalized spacial score (nSPS) is 17.6. The van der Waals surface area contributed by atoms with E-state index in [1.807, 2.05) is 6.92 Å². The highest BCUT2D eigenvalue weighted by Gasteiger charge is 2.26. The number of hydrogen-bond acceptors (Lipinski definition) is 2. The molecule has 7 heteroatoms. The Morgan fingerprint density at radius 3 is 2.48 bits per heavy atom. The van der Waals surface area contributed by atoms with Crippen LogP contribution in [-0.2, 0) is 0 Å². The first-order valence-corrected chi connectivity index (χ1v) is 8.71. The molecule has 136 valence electrons. The Morgan fingerprint density at radius 2 is 1.87 bits per heavy atom. The zero-order valence-electron chi connectivity index (χ0n) is 14.4. The van der Waals surface area contributed by atoms with Gasteiger partial charge in [-0.15, -0.1) is 0 Å². The number of halogens is 3. The van der Waals surface area contributed by atoms with Crippen LogP contribution in [0.4, 0.5) is 13.2 Å². The van der Waals surface area contributed by atoms with Gasteiger partial charge in [-0.25, -0.2) is 0 Å². The van der Waals surface area contributed by atoms with Crippen LogP contribution in [0.3, 0.4) is 0 Å². The van der Waals surface area contributed by atoms with Crippen LogP contribution in [0.1, 0.15) is 51.9 Å². The third-order valence-electron chi connectivity index (χ3n) is 4.18. The van der Waals surface area contributed by atoms with E-state index in [1.54, 1.807) is 0 Å². The molecule has 0 bridgehead atoms. The van der Waals surface area contributed by atoms with Gasteiger partial charge in [0.05, 0.1) is 6.42 Å². The van der Waals surface area contributed by atoms with E-state index in [0.29, 0.717) is 25.1 Å². The zero-order chi connectivity index (χ0) is 17.1. The molecule has 0 radical (unpaired) electrons. The van der Waals surface area contributed by atoms with E-state index in [4.69, 9.17) is 0 Å². The van der Waals surface area contributed by atoms with Gasteiger partial charge in [-0.1, -0.05) is 19.3 Å². The summed E-state index contributed by atoms with van der Waals surface area (Å²) in [5.41, 5.74) is 0. The number of rotatable bonds is 8. The van der Waals surface area contributed by atoms with E-state index in [0.717, 1.165) is 13.0 Å². The summed E-state index contributed by atoms with van der Waals surface area (Å²) in [6, 6.07) is 0.686. The summed E-state index contributed by atoms with van der Waals surface area (Å²) in [7, 11) is 2.16. The summed E-state index contributed by atoms with van der Waals surface area (Å²) in [6.07, 6.45) is 2.49. The Hall–Kier alpha value is -0.980. The number of alkyl halides is 3. The summed E-state index contributed by atoms with van der Waals surface area (Å²) >= 11 is 0. The molecule has 0 unspecified atom stereocenters. The topological polar surface area (TPSA) is 39.7 Å². The van der Waals surface area contributed by atoms with E-state index in [2.05, 4.69) is 27.6 Å². The lowest BCUT2D eigenvalue weighted by atomic mass is 9.94. The Kier molecular flexibility index (Phi) is 9.36. The second-order valence-electron chi connectivity index (χ2n) is 6.18. The summed E-state index contributed by atoms with van der Waals surface area (Å²) in [6.45, 7) is 4.00. The fourth-order valence-corrected chi connectivity index (χ4v) is 2.88. The van der Waals surface area contributed by atoms with Gasteiger partial charge in [-0.2, -0.15) is 13.2 Å². The molecule has 23 heavy (non-hydrogen) atoms. The molecule has 1 saturated carbocycles. The van der Waals surface area contributed by atoms with E-state index >= 15 is 0 Å². The number of nitrogens with zero attached hydrogens (tertiary/aromatic N) is 2. The van der Waals surface area contributed by atoms with E-state index in [9.17, 15) is 13.2 Å². The van der Waals surface area contributed by atoms with E-state index in [-0.39, 0.29) is 6.54 Å². The van der Waals surface area contributed by atoms with Gasteiger partial charge >= 0.3 is 6.18 Å². The number of aliphatic imine (C=N–C) groups is 1. The molecule has 0 aliphatic heterocycles. The minimum atomic E-state index is -4.13. The highest BCUT2D eigenvalue weighted by molar-refractivity contribution is 5.79. The Bertz CT molecular complexity index is 339. The van der Waals surface area contributed by atoms with Crippen LogP contribution in [0.15, 0.2) is 4.99 Å². The fraction of sp³-hybridized carbons (Fsp3) is 0.938. The van der Waals surface area contributed by atoms with Crippen LogP contribution in [-0.4, -0.2) is 56.3 Å². The first kappa shape index (κ1) is 20.1. The second kappa shape index (κ2) is 10.7. The lowest BCUT2D eigenvalue weighted by molar-refractivity contribution is -0.132. The van der Waals surface area contributed by atoms with E-state index < -0.39 is 12.6 Å². The number of guanidine groups is 1. The van der Waals surface area contributed by atoms with Gasteiger partial charge in [-0.3, -0.25) is 4.99 Å². The molecular formula is C16H31F3N4. The molecule has 1 fully saturated rings. The summed E-state index contributed by atoms with van der Waals surface area (Å²) < 4.78 is 36.5. The average molecular weight is 336 g/mol. The standard InChI is InChI=1S/C16H31F3N4/c1-3-20-15(22-12-10-16(17,18)19)21-11-7-13-23(2)14-8-5-4-6-9-14/h14H,3-13H2,1-2H3,(H2,20,21,22). The molecule has 1 aliphatic carbocycles. The van der Waals surface area contributed by atoms with Crippen molar-refractivity contribution in [1.29, 1.82) is 0 Å². The summed E-state index contributed by atoms with van der Waals surface area (Å²) in [5.74, 6) is 0.470. The van der Waals surface area contributed by atoms with Crippen LogP contribution in [0.25, 0.3) is 0 Å². The molecule has 0 saturated heterocycles. The average Bonchev–Trinajstić information content (AvgIpc) is 2.51. The Morgan fingerprint density at radius 1 is 1.17 bits per heavy atom. The third-order valence-corrected chi connectivity index (χ3v) is 4.18. The van der Waals surface area contributed by atoms with Crippen molar-refractivity contribution in [3.8, 4) is 0 Å². The van der Waals surface area contributed by atoms with Crippen molar-refractivity contribution in [2.75, 3.05) is 33.2 Å². The van der Waals surface area contributed by atoms with Crippen molar-refractivity contribution in [3.05, 3.63) is 0 Å². The van der Waals surface area contributed by atoms with Crippen LogP contribution < -0.4 is 10.6 Å². The van der Waals surface area contributed by atoms with Gasteiger partial charge < -0.3 is 15.5 Å². The molecule has 4 nitrogen and oxygen atoms in total. The molecule has 0 heterocycles. The lowest BCUT2D eigenvalue weighted by Crippen LogP contribution is -2.39. The van der Waals surface area contributed by atoms with Crippen molar-refractivity contribution in [2.45, 2.75) is 64.1 Å². The molecule has 1 rings (SSSR count). The summed E-state index contributed by atoms with van der Waals surface area (Å²) in [5, 5.41) is 5.71. The van der Waals surface area contributed by atoms with Crippen LogP contribution >= 0.6 is 0 Å². The largest absolute Gasteiger partial charge is 0.390 e. The smallest absolute Gasteiger partial charge is 0.357 e. The Labute approximate surface area is 137 Å². The Balaban J connectivity index is 2.24. The molecule has 0 aromatic carbocycles. The van der Waals surface area contributed by atoms with Crippen LogP contribution in [0.2, 0.25) is 0 Å². The highest BCUT2D eigenvalue weighted by Crippen LogP contribution is 2.21. The highest BCUT2D eigenvalue weighted by atomic mass is 19.4. The van der Waals surface area contributed by atoms with Gasteiger partial charge in [0, 0.05) is 25.7 Å². The maximum absolute atomic E-state index is 12.2. The molecule has 1 aliphatic rings. The molecule has 0 spiro atoms. The molecule has 0 atom stereocenters. The minimum Gasteiger partial charge on any atom is -0.357 e. The number of hydrogen-bond donors (Lipinski definition) is 2. The molecule has 0 aromatic rings. The predicted octanol–water partition coefficient (Wildman–Crippen LogP) is 3.15. The second-order valence-corrected chi connectivity index (χ2v) is 6.18. The van der Waals surface area contributed by atoms with Crippen molar-refractivity contribution < 1.29 is 13.2 Å². The minimum absolute atomic E-state index is 0.142. The summed E-state index contributed by atoms with van der Waals surface area (Å²) in [4.78, 5) is 6.75. The molecule has 0 amide bonds. The predicted molar refractivity (Wildman–Crippen MR) is 88.8 cm³/mol. The maximum Gasteiger partial charge on any atom is 0.390 e. The SMILES string of the molecule is CCNC(=NCCCN(C)C1CCCCC1)NCCC(F)(F)F. The molecule has 2 N–H and O–H groups in total. The van der Waals surface area contributed by atoms with Crippen LogP contribution in [0, 0.1) is 0 Å². The van der Waals surface area contributed by atoms with Gasteiger partial charge in [0.15, 0.2) is 5.96 Å². The van der Waals surface area contributed by atoms with Crippen LogP contribution in [0.5, 0.6) is 0 Å². The monoisotopic (exact) mass is 336 g/mol. The first-order chi connectivity index (χ1) is 10.9. The van der Waals surface area contributed by atoms with Crippen molar-refractivity contribution in [3.63, 3.8) is 0 Å². The van der Waals surface area contributed by atoms with Crippen molar-refractivity contribution in [1.82, 2.24) is 15.5 Å². The van der Waals surface area contributed by atoms with Gasteiger partial charge in [0.2, 0.25) is 0 Å². The van der Waals surface area contributed by atoms with Crippen molar-refractivity contribution >= 4 is 5.96 Å². The first-order valence-electron chi connectivity index (χ1n) is 8.71. The van der Waals surface area contributed by atoms with Gasteiger partial charge in [-0.05, 0) is 39.8 Å². The molecule has 0 aromatic heterocycles.